The number of nitrogens with one attached hydrogen (secondary N) is 1. The summed E-state index contributed by atoms with van der Waals surface area (Å²) in [6.07, 6.45) is 4.27. The summed E-state index contributed by atoms with van der Waals surface area (Å²) in [4.78, 5) is 15.0. The highest BCUT2D eigenvalue weighted by Gasteiger charge is 2.20. The van der Waals surface area contributed by atoms with E-state index in [1.807, 2.05) is 30.5 Å². The summed E-state index contributed by atoms with van der Waals surface area (Å²) in [5.74, 6) is 0.907. The summed E-state index contributed by atoms with van der Waals surface area (Å²) in [5.41, 5.74) is 1.37. The lowest BCUT2D eigenvalue weighted by molar-refractivity contribution is -0.384. The molecule has 0 radical (unpaired) electrons. The van der Waals surface area contributed by atoms with Crippen LogP contribution in [-0.4, -0.2) is 28.0 Å². The predicted molar refractivity (Wildman–Crippen MR) is 84.5 cm³/mol. The van der Waals surface area contributed by atoms with Crippen LogP contribution in [-0.2, 0) is 0 Å². The first kappa shape index (κ1) is 14.6. The molecule has 1 N–H and O–H groups in total. The van der Waals surface area contributed by atoms with Crippen molar-refractivity contribution in [1.29, 1.82) is 0 Å². The molecule has 0 aliphatic carbocycles. The molecule has 0 amide bonds. The number of hydrogen-bond donors (Lipinski definition) is 1. The Labute approximate surface area is 121 Å². The average molecular weight is 291 g/mol. The Balaban J connectivity index is 2.51. The molecule has 2 rings (SSSR count). The molecule has 0 saturated heterocycles. The van der Waals surface area contributed by atoms with E-state index in [0.29, 0.717) is 5.69 Å². The largest absolute Gasteiger partial charge is 0.375 e. The van der Waals surface area contributed by atoms with E-state index in [-0.39, 0.29) is 16.7 Å². The van der Waals surface area contributed by atoms with Gasteiger partial charge in [0.1, 0.15) is 11.9 Å². The zero-order chi connectivity index (χ0) is 14.5. The van der Waals surface area contributed by atoms with Gasteiger partial charge >= 0.3 is 5.69 Å². The minimum absolute atomic E-state index is 0.0308. The number of hydrogen-bond acceptors (Lipinski definition) is 5. The molecule has 1 unspecified atom stereocenters. The molecule has 0 aliphatic rings. The van der Waals surface area contributed by atoms with Crippen LogP contribution >= 0.6 is 11.8 Å². The highest BCUT2D eigenvalue weighted by atomic mass is 32.2. The van der Waals surface area contributed by atoms with Gasteiger partial charge in [-0.1, -0.05) is 25.1 Å². The maximum Gasteiger partial charge on any atom is 0.311 e. The second-order valence-electron chi connectivity index (χ2n) is 4.50. The molecule has 0 fully saturated rings. The molecular formula is C14H17N3O2S. The lowest BCUT2D eigenvalue weighted by Crippen LogP contribution is -2.22. The number of anilines is 1. The number of aromatic nitrogens is 1. The van der Waals surface area contributed by atoms with E-state index in [9.17, 15) is 10.1 Å². The predicted octanol–water partition coefficient (Wildman–Crippen LogP) is 3.70. The van der Waals surface area contributed by atoms with E-state index in [4.69, 9.17) is 0 Å². The van der Waals surface area contributed by atoms with Crippen molar-refractivity contribution in [2.45, 2.75) is 19.4 Å². The molecule has 1 atom stereocenters. The van der Waals surface area contributed by atoms with Crippen molar-refractivity contribution in [1.82, 2.24) is 4.98 Å². The van der Waals surface area contributed by atoms with Gasteiger partial charge in [0.05, 0.1) is 10.4 Å². The normalized spacial score (nSPS) is 12.3. The maximum absolute atomic E-state index is 11.2. The van der Waals surface area contributed by atoms with Crippen molar-refractivity contribution < 1.29 is 4.92 Å². The van der Waals surface area contributed by atoms with Gasteiger partial charge in [0.15, 0.2) is 0 Å². The van der Waals surface area contributed by atoms with Crippen molar-refractivity contribution in [3.05, 3.63) is 40.6 Å². The molecule has 1 heterocycles. The quantitative estimate of drug-likeness (QED) is 0.649. The van der Waals surface area contributed by atoms with Crippen molar-refractivity contribution in [2.75, 3.05) is 17.3 Å². The van der Waals surface area contributed by atoms with Crippen LogP contribution in [0.5, 0.6) is 0 Å². The van der Waals surface area contributed by atoms with Crippen LogP contribution in [0.2, 0.25) is 0 Å². The fourth-order valence-corrected chi connectivity index (χ4v) is 2.81. The van der Waals surface area contributed by atoms with Gasteiger partial charge in [-0.15, -0.1) is 0 Å². The number of para-hydroxylation sites is 1. The summed E-state index contributed by atoms with van der Waals surface area (Å²) >= 11 is 1.73. The Morgan fingerprint density at radius 1 is 1.45 bits per heavy atom. The van der Waals surface area contributed by atoms with E-state index in [0.717, 1.165) is 23.1 Å². The van der Waals surface area contributed by atoms with Gasteiger partial charge in [-0.2, -0.15) is 11.8 Å². The second-order valence-corrected chi connectivity index (χ2v) is 5.41. The van der Waals surface area contributed by atoms with Crippen LogP contribution in [0.25, 0.3) is 10.9 Å². The van der Waals surface area contributed by atoms with Crippen LogP contribution in [0.15, 0.2) is 30.5 Å². The minimum Gasteiger partial charge on any atom is -0.375 e. The molecule has 0 bridgehead atoms. The van der Waals surface area contributed by atoms with E-state index < -0.39 is 0 Å². The highest BCUT2D eigenvalue weighted by molar-refractivity contribution is 7.98. The number of rotatable bonds is 6. The van der Waals surface area contributed by atoms with Crippen LogP contribution in [0.3, 0.4) is 0 Å². The Morgan fingerprint density at radius 2 is 2.20 bits per heavy atom. The van der Waals surface area contributed by atoms with Gasteiger partial charge in [0, 0.05) is 17.2 Å². The van der Waals surface area contributed by atoms with Gasteiger partial charge in [-0.05, 0) is 18.7 Å². The smallest absolute Gasteiger partial charge is 0.311 e. The van der Waals surface area contributed by atoms with Crippen molar-refractivity contribution in [3.8, 4) is 0 Å². The average Bonchev–Trinajstić information content (AvgIpc) is 2.46. The molecule has 1 aromatic carbocycles. The fourth-order valence-electron chi connectivity index (χ4n) is 2.09. The molecule has 6 heteroatoms. The Hall–Kier alpha value is -1.82. The molecule has 5 nitrogen and oxygen atoms in total. The topological polar surface area (TPSA) is 68.1 Å². The Bertz CT molecular complexity index is 618. The molecule has 0 aliphatic heterocycles. The van der Waals surface area contributed by atoms with Gasteiger partial charge in [-0.3, -0.25) is 10.1 Å². The summed E-state index contributed by atoms with van der Waals surface area (Å²) < 4.78 is 0. The van der Waals surface area contributed by atoms with Crippen molar-refractivity contribution >= 4 is 34.0 Å². The van der Waals surface area contributed by atoms with E-state index in [1.165, 1.54) is 6.20 Å². The summed E-state index contributed by atoms with van der Waals surface area (Å²) in [6.45, 7) is 2.07. The summed E-state index contributed by atoms with van der Waals surface area (Å²) in [7, 11) is 0. The van der Waals surface area contributed by atoms with Crippen LogP contribution in [0.4, 0.5) is 11.4 Å². The molecule has 1 aromatic heterocycles. The first-order chi connectivity index (χ1) is 9.67. The molecular weight excluding hydrogens is 274 g/mol. The Morgan fingerprint density at radius 3 is 2.85 bits per heavy atom. The number of nitrogens with zero attached hydrogens (tertiary/aromatic N) is 2. The minimum atomic E-state index is -0.381. The summed E-state index contributed by atoms with van der Waals surface area (Å²) in [6, 6.07) is 7.68. The van der Waals surface area contributed by atoms with Crippen LogP contribution in [0.1, 0.15) is 13.3 Å². The van der Waals surface area contributed by atoms with Crippen LogP contribution < -0.4 is 5.32 Å². The lowest BCUT2D eigenvalue weighted by Gasteiger charge is -2.18. The molecule has 2 aromatic rings. The zero-order valence-corrected chi connectivity index (χ0v) is 12.3. The first-order valence-electron chi connectivity index (χ1n) is 6.45. The highest BCUT2D eigenvalue weighted by Crippen LogP contribution is 2.32. The summed E-state index contributed by atoms with van der Waals surface area (Å²) in [5, 5.41) is 15.3. The monoisotopic (exact) mass is 291 g/mol. The van der Waals surface area contributed by atoms with E-state index in [1.54, 1.807) is 11.8 Å². The van der Waals surface area contributed by atoms with Crippen molar-refractivity contribution in [3.63, 3.8) is 0 Å². The molecule has 20 heavy (non-hydrogen) atoms. The number of fused-ring (bicyclic) bond motifs is 1. The lowest BCUT2D eigenvalue weighted by atomic mass is 10.1. The van der Waals surface area contributed by atoms with E-state index in [2.05, 4.69) is 17.2 Å². The SMILES string of the molecule is CCC(CSC)Nc1c([N+](=O)[O-])cnc2ccccc12. The van der Waals surface area contributed by atoms with Crippen molar-refractivity contribution in [2.24, 2.45) is 0 Å². The number of thioether (sulfide) groups is 1. The number of nitro groups is 1. The molecule has 0 saturated carbocycles. The van der Waals surface area contributed by atoms with Gasteiger partial charge in [0.2, 0.25) is 0 Å². The molecule has 106 valence electrons. The van der Waals surface area contributed by atoms with Crippen LogP contribution in [0, 0.1) is 10.1 Å². The fraction of sp³-hybridized carbons (Fsp3) is 0.357. The maximum atomic E-state index is 11.2. The Kier molecular flexibility index (Phi) is 4.79. The zero-order valence-electron chi connectivity index (χ0n) is 11.5. The second kappa shape index (κ2) is 6.56. The van der Waals surface area contributed by atoms with Gasteiger partial charge < -0.3 is 5.32 Å². The number of pyridine rings is 1. The number of benzene rings is 1. The standard InChI is InChI=1S/C14H17N3O2S/c1-3-10(9-20-2)16-14-11-6-4-5-7-12(11)15-8-13(14)17(18)19/h4-8,10H,3,9H2,1-2H3,(H,15,16). The molecule has 0 spiro atoms. The third-order valence-electron chi connectivity index (χ3n) is 3.16. The third-order valence-corrected chi connectivity index (χ3v) is 3.90. The van der Waals surface area contributed by atoms with E-state index >= 15 is 0 Å². The third kappa shape index (κ3) is 3.01. The first-order valence-corrected chi connectivity index (χ1v) is 7.84. The van der Waals surface area contributed by atoms with Gasteiger partial charge in [0.25, 0.3) is 0 Å². The van der Waals surface area contributed by atoms with Gasteiger partial charge in [-0.25, -0.2) is 4.98 Å².